The average Bonchev–Trinajstić information content (AvgIpc) is 3.38. The lowest BCUT2D eigenvalue weighted by Gasteiger charge is -2.36. The third kappa shape index (κ3) is 4.56. The van der Waals surface area contributed by atoms with E-state index >= 15 is 4.39 Å². The Kier molecular flexibility index (Phi) is 6.61. The Labute approximate surface area is 222 Å². The van der Waals surface area contributed by atoms with Gasteiger partial charge in [-0.3, -0.25) is 0 Å². The lowest BCUT2D eigenvalue weighted by Crippen LogP contribution is -2.42. The summed E-state index contributed by atoms with van der Waals surface area (Å²) in [5, 5.41) is 8.90. The highest BCUT2D eigenvalue weighted by molar-refractivity contribution is 5.79. The number of piperidine rings is 2. The molecule has 10 heteroatoms. The van der Waals surface area contributed by atoms with Crippen LogP contribution >= 0.6 is 0 Å². The predicted molar refractivity (Wildman–Crippen MR) is 149 cm³/mol. The van der Waals surface area contributed by atoms with Gasteiger partial charge in [-0.2, -0.15) is 0 Å². The maximum absolute atomic E-state index is 15.4. The van der Waals surface area contributed by atoms with Gasteiger partial charge in [0.25, 0.3) is 0 Å². The Morgan fingerprint density at radius 2 is 1.47 bits per heavy atom. The fourth-order valence-electron chi connectivity index (χ4n) is 5.90. The zero-order valence-electron chi connectivity index (χ0n) is 22.7. The summed E-state index contributed by atoms with van der Waals surface area (Å²) in [7, 11) is 8.51. The number of hydrogen-bond donors (Lipinski definition) is 0. The van der Waals surface area contributed by atoms with Crippen molar-refractivity contribution in [2.75, 3.05) is 64.2 Å². The van der Waals surface area contributed by atoms with Crippen molar-refractivity contribution >= 4 is 28.4 Å². The van der Waals surface area contributed by atoms with Crippen molar-refractivity contribution in [3.05, 3.63) is 42.3 Å². The summed E-state index contributed by atoms with van der Waals surface area (Å²) in [5.41, 5.74) is 4.22. The van der Waals surface area contributed by atoms with Crippen LogP contribution in [-0.4, -0.2) is 101 Å². The molecule has 0 bridgehead atoms. The third-order valence-electron chi connectivity index (χ3n) is 8.31. The van der Waals surface area contributed by atoms with Crippen LogP contribution < -0.4 is 9.80 Å². The van der Waals surface area contributed by atoms with E-state index in [1.807, 2.05) is 28.7 Å². The van der Waals surface area contributed by atoms with Crippen molar-refractivity contribution in [1.82, 2.24) is 34.4 Å². The van der Waals surface area contributed by atoms with E-state index in [2.05, 4.69) is 63.0 Å². The van der Waals surface area contributed by atoms with Crippen molar-refractivity contribution < 1.29 is 4.39 Å². The maximum Gasteiger partial charge on any atom is 0.233 e. The van der Waals surface area contributed by atoms with Gasteiger partial charge in [-0.15, -0.1) is 10.2 Å². The first-order chi connectivity index (χ1) is 18.4. The van der Waals surface area contributed by atoms with E-state index in [9.17, 15) is 0 Å². The van der Waals surface area contributed by atoms with Crippen LogP contribution in [-0.2, 0) is 0 Å². The Morgan fingerprint density at radius 1 is 0.816 bits per heavy atom. The number of halogens is 1. The molecule has 9 nitrogen and oxygen atoms in total. The smallest absolute Gasteiger partial charge is 0.233 e. The monoisotopic (exact) mass is 517 g/mol. The summed E-state index contributed by atoms with van der Waals surface area (Å²) >= 11 is 0. The normalized spacial score (nSPS) is 18.0. The lowest BCUT2D eigenvalue weighted by molar-refractivity contribution is 0.249. The van der Waals surface area contributed by atoms with Gasteiger partial charge in [-0.05, 0) is 78.1 Å². The van der Waals surface area contributed by atoms with Gasteiger partial charge in [0.15, 0.2) is 11.3 Å². The predicted octanol–water partition coefficient (Wildman–Crippen LogP) is 3.54. The van der Waals surface area contributed by atoms with E-state index in [4.69, 9.17) is 4.98 Å². The molecule has 0 saturated carbocycles. The first-order valence-corrected chi connectivity index (χ1v) is 13.5. The molecular formula is C28H36FN9. The molecule has 2 aliphatic heterocycles. The molecule has 2 fully saturated rings. The largest absolute Gasteiger partial charge is 0.369 e. The van der Waals surface area contributed by atoms with Gasteiger partial charge < -0.3 is 19.6 Å². The van der Waals surface area contributed by atoms with Crippen LogP contribution in [0.4, 0.5) is 16.0 Å². The molecule has 6 rings (SSSR count). The lowest BCUT2D eigenvalue weighted by atomic mass is 10.0. The molecule has 4 aromatic rings. The third-order valence-corrected chi connectivity index (χ3v) is 8.31. The zero-order valence-corrected chi connectivity index (χ0v) is 22.7. The molecule has 5 heterocycles. The molecule has 0 N–H and O–H groups in total. The maximum atomic E-state index is 15.4. The topological polar surface area (TPSA) is 68.9 Å². The first kappa shape index (κ1) is 24.9. The first-order valence-electron chi connectivity index (χ1n) is 13.5. The second kappa shape index (κ2) is 10.1. The number of pyridine rings is 1. The molecule has 1 aromatic carbocycles. The summed E-state index contributed by atoms with van der Waals surface area (Å²) in [6.07, 6.45) is 5.96. The van der Waals surface area contributed by atoms with E-state index in [0.29, 0.717) is 34.8 Å². The van der Waals surface area contributed by atoms with E-state index in [-0.39, 0.29) is 5.82 Å². The number of fused-ring (bicyclic) bond motifs is 3. The fourth-order valence-corrected chi connectivity index (χ4v) is 5.90. The standard InChI is InChI=1S/C28H36FN9/c1-34(2)20-9-13-36(14-10-20)25-8-5-19(17-22(25)29)23-6-7-24-27(31-23)38-26(18-30-24)32-33-28(38)37-15-11-21(12-16-37)35(3)4/h5-8,17-18,20-21H,9-16H2,1-4H3. The van der Waals surface area contributed by atoms with Crippen LogP contribution in [0.2, 0.25) is 0 Å². The van der Waals surface area contributed by atoms with E-state index in [1.165, 1.54) is 0 Å². The Morgan fingerprint density at radius 3 is 2.11 bits per heavy atom. The molecule has 2 aliphatic rings. The molecule has 200 valence electrons. The number of anilines is 2. The summed E-state index contributed by atoms with van der Waals surface area (Å²) in [5.74, 6) is 0.578. The van der Waals surface area contributed by atoms with Crippen molar-refractivity contribution in [1.29, 1.82) is 0 Å². The van der Waals surface area contributed by atoms with Gasteiger partial charge in [0.1, 0.15) is 11.3 Å². The molecule has 3 aromatic heterocycles. The van der Waals surface area contributed by atoms with Gasteiger partial charge in [-0.1, -0.05) is 6.07 Å². The number of hydrogen-bond acceptors (Lipinski definition) is 8. The highest BCUT2D eigenvalue weighted by Crippen LogP contribution is 2.30. The van der Waals surface area contributed by atoms with Gasteiger partial charge in [0.2, 0.25) is 5.95 Å². The number of aromatic nitrogens is 5. The summed E-state index contributed by atoms with van der Waals surface area (Å²) < 4.78 is 17.3. The van der Waals surface area contributed by atoms with E-state index in [1.54, 1.807) is 12.3 Å². The molecule has 0 atom stereocenters. The second-order valence-electron chi connectivity index (χ2n) is 11.0. The van der Waals surface area contributed by atoms with Crippen LogP contribution in [0.3, 0.4) is 0 Å². The van der Waals surface area contributed by atoms with Crippen LogP contribution in [0.25, 0.3) is 28.1 Å². The number of nitrogens with zero attached hydrogens (tertiary/aromatic N) is 9. The summed E-state index contributed by atoms with van der Waals surface area (Å²) in [6, 6.07) is 10.5. The molecule has 0 unspecified atom stereocenters. The molecule has 0 amide bonds. The Balaban J connectivity index is 1.30. The van der Waals surface area contributed by atoms with E-state index in [0.717, 1.165) is 68.9 Å². The quantitative estimate of drug-likeness (QED) is 0.398. The molecule has 2 saturated heterocycles. The van der Waals surface area contributed by atoms with Crippen molar-refractivity contribution in [3.8, 4) is 11.3 Å². The Bertz CT molecular complexity index is 1430. The van der Waals surface area contributed by atoms with Crippen LogP contribution in [0.15, 0.2) is 36.5 Å². The fraction of sp³-hybridized carbons (Fsp3) is 0.500. The SMILES string of the molecule is CN(C)C1CCN(c2ccc(-c3ccc4ncc5nnc(N6CCC(N(C)C)CC6)n5c4n3)cc2F)CC1. The molecule has 0 spiro atoms. The van der Waals surface area contributed by atoms with Crippen molar-refractivity contribution in [2.45, 2.75) is 37.8 Å². The Hall–Kier alpha value is -3.37. The minimum absolute atomic E-state index is 0.210. The van der Waals surface area contributed by atoms with Gasteiger partial charge >= 0.3 is 0 Å². The van der Waals surface area contributed by atoms with Crippen LogP contribution in [0.1, 0.15) is 25.7 Å². The molecule has 0 radical (unpaired) electrons. The van der Waals surface area contributed by atoms with Gasteiger partial charge in [-0.25, -0.2) is 18.8 Å². The summed E-state index contributed by atoms with van der Waals surface area (Å²) in [6.45, 7) is 3.54. The second-order valence-corrected chi connectivity index (χ2v) is 11.0. The molecule has 38 heavy (non-hydrogen) atoms. The van der Waals surface area contributed by atoms with Crippen molar-refractivity contribution in [3.63, 3.8) is 0 Å². The molecule has 0 aliphatic carbocycles. The van der Waals surface area contributed by atoms with Gasteiger partial charge in [0.05, 0.1) is 17.6 Å². The van der Waals surface area contributed by atoms with Crippen LogP contribution in [0, 0.1) is 5.82 Å². The minimum atomic E-state index is -0.210. The zero-order chi connectivity index (χ0) is 26.4. The highest BCUT2D eigenvalue weighted by atomic mass is 19.1. The molecular weight excluding hydrogens is 481 g/mol. The van der Waals surface area contributed by atoms with Crippen molar-refractivity contribution in [2.24, 2.45) is 0 Å². The van der Waals surface area contributed by atoms with Crippen LogP contribution in [0.5, 0.6) is 0 Å². The number of benzene rings is 1. The number of rotatable bonds is 5. The minimum Gasteiger partial charge on any atom is -0.369 e. The van der Waals surface area contributed by atoms with E-state index < -0.39 is 0 Å². The highest BCUT2D eigenvalue weighted by Gasteiger charge is 2.25. The van der Waals surface area contributed by atoms with Gasteiger partial charge in [0, 0.05) is 43.8 Å². The summed E-state index contributed by atoms with van der Waals surface area (Å²) in [4.78, 5) is 18.5. The average molecular weight is 518 g/mol.